The molecule has 1 aliphatic rings. The fourth-order valence-corrected chi connectivity index (χ4v) is 4.33. The molecule has 1 aromatic heterocycles. The lowest BCUT2D eigenvalue weighted by Gasteiger charge is -2.38. The fraction of sp³-hybridized carbons (Fsp3) is 0.296. The largest absolute Gasteiger partial charge is 0.493 e. The van der Waals surface area contributed by atoms with Gasteiger partial charge in [0.15, 0.2) is 11.5 Å². The number of fused-ring (bicyclic) bond motifs is 1. The lowest BCUT2D eigenvalue weighted by molar-refractivity contribution is -0.122. The number of urea groups is 1. The Bertz CT molecular complexity index is 1170. The Labute approximate surface area is 205 Å². The molecule has 0 aliphatic carbocycles. The van der Waals surface area contributed by atoms with Crippen LogP contribution in [0.3, 0.4) is 0 Å². The number of amides is 3. The maximum atomic E-state index is 13.4. The highest BCUT2D eigenvalue weighted by molar-refractivity contribution is 5.87. The summed E-state index contributed by atoms with van der Waals surface area (Å²) in [5, 5.41) is 5.69. The van der Waals surface area contributed by atoms with E-state index < -0.39 is 6.04 Å². The summed E-state index contributed by atoms with van der Waals surface area (Å²) in [5.41, 5.74) is 3.80. The van der Waals surface area contributed by atoms with E-state index in [1.54, 1.807) is 32.2 Å². The second-order valence-corrected chi connectivity index (χ2v) is 8.37. The van der Waals surface area contributed by atoms with Gasteiger partial charge in [-0.3, -0.25) is 9.78 Å². The average molecular weight is 475 g/mol. The van der Waals surface area contributed by atoms with Crippen LogP contribution in [0.1, 0.15) is 35.3 Å². The minimum Gasteiger partial charge on any atom is -0.493 e. The number of ether oxygens (including phenoxy) is 2. The van der Waals surface area contributed by atoms with E-state index in [0.29, 0.717) is 31.0 Å². The number of carbonyl (C=O) groups excluding carboxylic acids is 2. The van der Waals surface area contributed by atoms with E-state index in [4.69, 9.17) is 9.47 Å². The molecule has 0 radical (unpaired) electrons. The Hall–Kier alpha value is -4.07. The first-order chi connectivity index (χ1) is 17.0. The van der Waals surface area contributed by atoms with Crippen LogP contribution in [0.4, 0.5) is 4.79 Å². The second-order valence-electron chi connectivity index (χ2n) is 8.37. The Kier molecular flexibility index (Phi) is 7.50. The molecule has 3 aromatic rings. The summed E-state index contributed by atoms with van der Waals surface area (Å²) in [6.45, 7) is 2.47. The molecule has 0 saturated carbocycles. The molecular formula is C27H30N4O4. The number of rotatable bonds is 7. The first-order valence-electron chi connectivity index (χ1n) is 11.6. The van der Waals surface area contributed by atoms with Crippen molar-refractivity contribution in [3.8, 4) is 11.5 Å². The lowest BCUT2D eigenvalue weighted by Crippen LogP contribution is -2.52. The number of carbonyl (C=O) groups is 2. The summed E-state index contributed by atoms with van der Waals surface area (Å²) in [5.74, 6) is 0.995. The molecule has 8 nitrogen and oxygen atoms in total. The molecular weight excluding hydrogens is 444 g/mol. The summed E-state index contributed by atoms with van der Waals surface area (Å²) in [7, 11) is 3.21. The average Bonchev–Trinajstić information content (AvgIpc) is 2.91. The molecule has 182 valence electrons. The molecule has 2 aromatic carbocycles. The van der Waals surface area contributed by atoms with Crippen LogP contribution >= 0.6 is 0 Å². The molecule has 2 N–H and O–H groups in total. The molecule has 1 unspecified atom stereocenters. The van der Waals surface area contributed by atoms with Crippen LogP contribution < -0.4 is 20.1 Å². The number of nitrogens with one attached hydrogen (secondary N) is 2. The molecule has 35 heavy (non-hydrogen) atoms. The van der Waals surface area contributed by atoms with Crippen molar-refractivity contribution in [2.45, 2.75) is 32.0 Å². The number of benzene rings is 2. The third-order valence-corrected chi connectivity index (χ3v) is 6.15. The highest BCUT2D eigenvalue weighted by Gasteiger charge is 2.34. The molecule has 8 heteroatoms. The van der Waals surface area contributed by atoms with Crippen molar-refractivity contribution >= 4 is 11.9 Å². The van der Waals surface area contributed by atoms with Gasteiger partial charge in [0.05, 0.1) is 32.5 Å². The summed E-state index contributed by atoms with van der Waals surface area (Å²) < 4.78 is 11.0. The van der Waals surface area contributed by atoms with Gasteiger partial charge < -0.3 is 25.0 Å². The third-order valence-electron chi connectivity index (χ3n) is 6.15. The van der Waals surface area contributed by atoms with Gasteiger partial charge in [-0.25, -0.2) is 4.79 Å². The van der Waals surface area contributed by atoms with E-state index in [1.165, 1.54) is 0 Å². The van der Waals surface area contributed by atoms with Crippen molar-refractivity contribution in [1.82, 2.24) is 20.5 Å². The number of methoxy groups -OCH3 is 2. The number of aromatic nitrogens is 1. The monoisotopic (exact) mass is 474 g/mol. The van der Waals surface area contributed by atoms with Crippen molar-refractivity contribution in [1.29, 1.82) is 0 Å². The molecule has 0 saturated heterocycles. The molecule has 0 fully saturated rings. The van der Waals surface area contributed by atoms with E-state index in [1.807, 2.05) is 60.7 Å². The van der Waals surface area contributed by atoms with Gasteiger partial charge in [0.2, 0.25) is 5.91 Å². The van der Waals surface area contributed by atoms with Gasteiger partial charge in [0, 0.05) is 12.7 Å². The third kappa shape index (κ3) is 5.37. The first-order valence-corrected chi connectivity index (χ1v) is 11.6. The van der Waals surface area contributed by atoms with Crippen molar-refractivity contribution < 1.29 is 19.1 Å². The van der Waals surface area contributed by atoms with E-state index in [9.17, 15) is 9.59 Å². The topological polar surface area (TPSA) is 92.8 Å². The Balaban J connectivity index is 1.55. The lowest BCUT2D eigenvalue weighted by atomic mass is 9.88. The zero-order valence-corrected chi connectivity index (χ0v) is 20.2. The van der Waals surface area contributed by atoms with Crippen LogP contribution in [0.25, 0.3) is 0 Å². The summed E-state index contributed by atoms with van der Waals surface area (Å²) in [4.78, 5) is 32.0. The maximum absolute atomic E-state index is 13.4. The smallest absolute Gasteiger partial charge is 0.318 e. The number of hydrogen-bond acceptors (Lipinski definition) is 5. The quantitative estimate of drug-likeness (QED) is 0.547. The summed E-state index contributed by atoms with van der Waals surface area (Å²) >= 11 is 0. The van der Waals surface area contributed by atoms with Crippen molar-refractivity contribution in [3.63, 3.8) is 0 Å². The van der Waals surface area contributed by atoms with Crippen molar-refractivity contribution in [2.75, 3.05) is 20.8 Å². The molecule has 2 heterocycles. The highest BCUT2D eigenvalue weighted by atomic mass is 16.5. The van der Waals surface area contributed by atoms with Gasteiger partial charge in [0.1, 0.15) is 6.04 Å². The number of nitrogens with zero attached hydrogens (tertiary/aromatic N) is 2. The fourth-order valence-electron chi connectivity index (χ4n) is 4.33. The van der Waals surface area contributed by atoms with E-state index in [-0.39, 0.29) is 18.0 Å². The predicted molar refractivity (Wildman–Crippen MR) is 132 cm³/mol. The Morgan fingerprint density at radius 3 is 2.46 bits per heavy atom. The van der Waals surface area contributed by atoms with E-state index >= 15 is 0 Å². The zero-order valence-electron chi connectivity index (χ0n) is 20.2. The normalized spacial score (nSPS) is 15.5. The minimum absolute atomic E-state index is 0.274. The van der Waals surface area contributed by atoms with Crippen LogP contribution in [-0.4, -0.2) is 48.6 Å². The van der Waals surface area contributed by atoms with Crippen molar-refractivity contribution in [3.05, 3.63) is 89.2 Å². The van der Waals surface area contributed by atoms with Gasteiger partial charge in [0.25, 0.3) is 0 Å². The standard InChI is InChI=1S/C27H30N4O4/c1-18(26(32)29-17-21-11-7-8-13-28-21)30-27(33)31-14-12-20-15-23(34-2)24(35-3)16-22(20)25(31)19-9-5-4-6-10-19/h4-11,13,15-16,18,25H,12,14,17H2,1-3H3,(H,29,32)(H,30,33)/t18-,25?/m0/s1. The molecule has 4 rings (SSSR count). The van der Waals surface area contributed by atoms with Crippen LogP contribution in [0.2, 0.25) is 0 Å². The number of pyridine rings is 1. The Morgan fingerprint density at radius 1 is 1.06 bits per heavy atom. The SMILES string of the molecule is COc1cc2c(cc1OC)C(c1ccccc1)N(C(=O)N[C@@H](C)C(=O)NCc1ccccn1)CC2. The Morgan fingerprint density at radius 2 is 1.77 bits per heavy atom. The highest BCUT2D eigenvalue weighted by Crippen LogP contribution is 2.41. The minimum atomic E-state index is -0.713. The maximum Gasteiger partial charge on any atom is 0.318 e. The molecule has 3 amide bonds. The predicted octanol–water partition coefficient (Wildman–Crippen LogP) is 3.46. The van der Waals surface area contributed by atoms with Gasteiger partial charge in [-0.05, 0) is 54.3 Å². The molecule has 2 atom stereocenters. The van der Waals surface area contributed by atoms with Crippen LogP contribution in [-0.2, 0) is 17.8 Å². The van der Waals surface area contributed by atoms with E-state index in [0.717, 1.165) is 22.4 Å². The van der Waals surface area contributed by atoms with Gasteiger partial charge in [-0.15, -0.1) is 0 Å². The van der Waals surface area contributed by atoms with Crippen LogP contribution in [0.5, 0.6) is 11.5 Å². The van der Waals surface area contributed by atoms with Gasteiger partial charge >= 0.3 is 6.03 Å². The molecule has 0 bridgehead atoms. The molecule has 1 aliphatic heterocycles. The van der Waals surface area contributed by atoms with Crippen LogP contribution in [0, 0.1) is 0 Å². The van der Waals surface area contributed by atoms with Gasteiger partial charge in [-0.1, -0.05) is 36.4 Å². The van der Waals surface area contributed by atoms with Crippen molar-refractivity contribution in [2.24, 2.45) is 0 Å². The zero-order chi connectivity index (χ0) is 24.8. The first kappa shape index (κ1) is 24.1. The second kappa shape index (κ2) is 10.9. The number of hydrogen-bond donors (Lipinski definition) is 2. The summed E-state index contributed by atoms with van der Waals surface area (Å²) in [6.07, 6.45) is 2.34. The van der Waals surface area contributed by atoms with Gasteiger partial charge in [-0.2, -0.15) is 0 Å². The summed E-state index contributed by atoms with van der Waals surface area (Å²) in [6, 6.07) is 17.9. The molecule has 0 spiro atoms. The van der Waals surface area contributed by atoms with Crippen LogP contribution in [0.15, 0.2) is 66.9 Å². The van der Waals surface area contributed by atoms with E-state index in [2.05, 4.69) is 15.6 Å².